The quantitative estimate of drug-likeness (QED) is 0.572. The molecule has 0 spiro atoms. The van der Waals surface area contributed by atoms with Crippen molar-refractivity contribution in [3.05, 3.63) is 0 Å². The second kappa shape index (κ2) is 3.73. The molecule has 2 N–H and O–H groups in total. The van der Waals surface area contributed by atoms with E-state index in [9.17, 15) is 0 Å². The summed E-state index contributed by atoms with van der Waals surface area (Å²) < 4.78 is 0. The van der Waals surface area contributed by atoms with E-state index in [0.29, 0.717) is 18.7 Å². The van der Waals surface area contributed by atoms with Crippen LogP contribution < -0.4 is 5.32 Å². The summed E-state index contributed by atoms with van der Waals surface area (Å²) in [5, 5.41) is 12.5. The summed E-state index contributed by atoms with van der Waals surface area (Å²) in [4.78, 5) is 2.49. The average Bonchev–Trinajstić information content (AvgIpc) is 2.17. The predicted molar refractivity (Wildman–Crippen MR) is 48.1 cm³/mol. The maximum atomic E-state index is 9.15. The van der Waals surface area contributed by atoms with Gasteiger partial charge in [-0.1, -0.05) is 6.42 Å². The summed E-state index contributed by atoms with van der Waals surface area (Å²) in [7, 11) is 0. The van der Waals surface area contributed by atoms with Gasteiger partial charge in [0.25, 0.3) is 0 Å². The number of aliphatic hydroxyl groups is 1. The van der Waals surface area contributed by atoms with Crippen molar-refractivity contribution in [3.63, 3.8) is 0 Å². The Morgan fingerprint density at radius 2 is 2.25 bits per heavy atom. The van der Waals surface area contributed by atoms with Crippen LogP contribution in [-0.2, 0) is 0 Å². The minimum atomic E-state index is 0.309. The lowest BCUT2D eigenvalue weighted by atomic mass is 9.97. The maximum absolute atomic E-state index is 9.15. The molecule has 2 fully saturated rings. The molecule has 0 aromatic rings. The van der Waals surface area contributed by atoms with E-state index in [1.807, 2.05) is 0 Å². The minimum Gasteiger partial charge on any atom is -0.395 e. The van der Waals surface area contributed by atoms with E-state index < -0.39 is 0 Å². The van der Waals surface area contributed by atoms with Crippen molar-refractivity contribution >= 4 is 0 Å². The third kappa shape index (κ3) is 1.49. The molecule has 3 nitrogen and oxygen atoms in total. The van der Waals surface area contributed by atoms with Gasteiger partial charge < -0.3 is 10.4 Å². The van der Waals surface area contributed by atoms with E-state index in [-0.39, 0.29) is 0 Å². The van der Waals surface area contributed by atoms with Gasteiger partial charge in [-0.05, 0) is 19.4 Å². The van der Waals surface area contributed by atoms with Crippen molar-refractivity contribution < 1.29 is 5.11 Å². The number of hydrogen-bond donors (Lipinski definition) is 2. The van der Waals surface area contributed by atoms with E-state index in [1.54, 1.807) is 0 Å². The van der Waals surface area contributed by atoms with E-state index in [4.69, 9.17) is 5.11 Å². The lowest BCUT2D eigenvalue weighted by Gasteiger charge is -2.44. The zero-order valence-corrected chi connectivity index (χ0v) is 7.50. The van der Waals surface area contributed by atoms with Crippen LogP contribution in [0.4, 0.5) is 0 Å². The highest BCUT2D eigenvalue weighted by Gasteiger charge is 2.31. The summed E-state index contributed by atoms with van der Waals surface area (Å²) in [5.74, 6) is 0. The Kier molecular flexibility index (Phi) is 2.63. The number of nitrogens with one attached hydrogen (secondary N) is 1. The monoisotopic (exact) mass is 170 g/mol. The standard InChI is InChI=1S/C9H18N2O/c12-7-9-6-10-5-8-3-1-2-4-11(8)9/h8-10,12H,1-7H2. The Bertz CT molecular complexity index is 143. The lowest BCUT2D eigenvalue weighted by molar-refractivity contribution is 0.0331. The van der Waals surface area contributed by atoms with Crippen molar-refractivity contribution in [1.29, 1.82) is 0 Å². The molecule has 0 aromatic heterocycles. The molecule has 2 aliphatic heterocycles. The first-order valence-corrected chi connectivity index (χ1v) is 4.99. The van der Waals surface area contributed by atoms with Crippen LogP contribution in [0.1, 0.15) is 19.3 Å². The molecule has 3 heteroatoms. The molecule has 12 heavy (non-hydrogen) atoms. The van der Waals surface area contributed by atoms with Gasteiger partial charge in [-0.25, -0.2) is 0 Å². The highest BCUT2D eigenvalue weighted by Crippen LogP contribution is 2.21. The summed E-state index contributed by atoms with van der Waals surface area (Å²) >= 11 is 0. The van der Waals surface area contributed by atoms with Crippen molar-refractivity contribution in [2.45, 2.75) is 31.3 Å². The Hall–Kier alpha value is -0.120. The number of piperazine rings is 1. The van der Waals surface area contributed by atoms with Crippen LogP contribution in [0, 0.1) is 0 Å². The number of fused-ring (bicyclic) bond motifs is 1. The topological polar surface area (TPSA) is 35.5 Å². The zero-order valence-electron chi connectivity index (χ0n) is 7.50. The van der Waals surface area contributed by atoms with Gasteiger partial charge in [-0.2, -0.15) is 0 Å². The molecule has 0 aromatic carbocycles. The highest BCUT2D eigenvalue weighted by atomic mass is 16.3. The van der Waals surface area contributed by atoms with Gasteiger partial charge in [0.15, 0.2) is 0 Å². The fourth-order valence-corrected chi connectivity index (χ4v) is 2.43. The first-order chi connectivity index (χ1) is 5.92. The molecule has 2 saturated heterocycles. The minimum absolute atomic E-state index is 0.309. The summed E-state index contributed by atoms with van der Waals surface area (Å²) in [6.45, 7) is 3.59. The summed E-state index contributed by atoms with van der Waals surface area (Å²) in [6.07, 6.45) is 3.98. The summed E-state index contributed by atoms with van der Waals surface area (Å²) in [5.41, 5.74) is 0. The van der Waals surface area contributed by atoms with Crippen LogP contribution >= 0.6 is 0 Å². The number of hydrogen-bond acceptors (Lipinski definition) is 3. The molecule has 0 bridgehead atoms. The van der Waals surface area contributed by atoms with Gasteiger partial charge in [0.05, 0.1) is 6.61 Å². The van der Waals surface area contributed by atoms with Crippen molar-refractivity contribution in [2.24, 2.45) is 0 Å². The van der Waals surface area contributed by atoms with Crippen LogP contribution in [0.3, 0.4) is 0 Å². The van der Waals surface area contributed by atoms with Gasteiger partial charge in [-0.3, -0.25) is 4.90 Å². The van der Waals surface area contributed by atoms with Gasteiger partial charge in [0.2, 0.25) is 0 Å². The molecular weight excluding hydrogens is 152 g/mol. The van der Waals surface area contributed by atoms with Crippen molar-refractivity contribution in [3.8, 4) is 0 Å². The molecule has 2 heterocycles. The molecule has 70 valence electrons. The molecule has 0 aliphatic carbocycles. The third-order valence-corrected chi connectivity index (χ3v) is 3.11. The molecule has 0 radical (unpaired) electrons. The van der Waals surface area contributed by atoms with Crippen LogP contribution in [0.25, 0.3) is 0 Å². The van der Waals surface area contributed by atoms with Crippen molar-refractivity contribution in [2.75, 3.05) is 26.2 Å². The molecule has 2 unspecified atom stereocenters. The fourth-order valence-electron chi connectivity index (χ4n) is 2.43. The SMILES string of the molecule is OCC1CNCC2CCCCN12. The predicted octanol–water partition coefficient (Wildman–Crippen LogP) is -0.195. The molecule has 0 saturated carbocycles. The molecule has 2 atom stereocenters. The maximum Gasteiger partial charge on any atom is 0.0599 e. The van der Waals surface area contributed by atoms with E-state index in [0.717, 1.165) is 13.1 Å². The Balaban J connectivity index is 1.99. The zero-order chi connectivity index (χ0) is 8.39. The Morgan fingerprint density at radius 3 is 3.08 bits per heavy atom. The van der Waals surface area contributed by atoms with Gasteiger partial charge in [-0.15, -0.1) is 0 Å². The number of rotatable bonds is 1. The smallest absolute Gasteiger partial charge is 0.0599 e. The first-order valence-electron chi connectivity index (χ1n) is 4.99. The summed E-state index contributed by atoms with van der Waals surface area (Å²) in [6, 6.07) is 1.08. The number of aliphatic hydroxyl groups excluding tert-OH is 1. The molecule has 0 amide bonds. The van der Waals surface area contributed by atoms with Crippen LogP contribution in [0.5, 0.6) is 0 Å². The van der Waals surface area contributed by atoms with Gasteiger partial charge in [0, 0.05) is 25.2 Å². The Morgan fingerprint density at radius 1 is 1.33 bits per heavy atom. The number of piperidine rings is 1. The lowest BCUT2D eigenvalue weighted by Crippen LogP contribution is -2.60. The molecule has 2 aliphatic rings. The van der Waals surface area contributed by atoms with Crippen LogP contribution in [0.2, 0.25) is 0 Å². The second-order valence-electron chi connectivity index (χ2n) is 3.88. The molecule has 2 rings (SSSR count). The van der Waals surface area contributed by atoms with Crippen LogP contribution in [0.15, 0.2) is 0 Å². The third-order valence-electron chi connectivity index (χ3n) is 3.11. The van der Waals surface area contributed by atoms with Crippen molar-refractivity contribution in [1.82, 2.24) is 10.2 Å². The van der Waals surface area contributed by atoms with E-state index in [2.05, 4.69) is 10.2 Å². The van der Waals surface area contributed by atoms with Gasteiger partial charge >= 0.3 is 0 Å². The average molecular weight is 170 g/mol. The number of nitrogens with zero attached hydrogens (tertiary/aromatic N) is 1. The largest absolute Gasteiger partial charge is 0.395 e. The van der Waals surface area contributed by atoms with E-state index >= 15 is 0 Å². The molecular formula is C9H18N2O. The second-order valence-corrected chi connectivity index (χ2v) is 3.88. The van der Waals surface area contributed by atoms with Crippen LogP contribution in [-0.4, -0.2) is 48.3 Å². The normalized spacial score (nSPS) is 37.8. The fraction of sp³-hybridized carbons (Fsp3) is 1.00. The highest BCUT2D eigenvalue weighted by molar-refractivity contribution is 4.89. The Labute approximate surface area is 73.8 Å². The first kappa shape index (κ1) is 8.48. The van der Waals surface area contributed by atoms with E-state index in [1.165, 1.54) is 25.8 Å². The van der Waals surface area contributed by atoms with Gasteiger partial charge in [0.1, 0.15) is 0 Å².